The van der Waals surface area contributed by atoms with Crippen molar-refractivity contribution >= 4 is 17.3 Å². The molecule has 1 N–H and O–H groups in total. The maximum Gasteiger partial charge on any atom is 0.339 e. The van der Waals surface area contributed by atoms with Crippen LogP contribution in [-0.4, -0.2) is 44.1 Å². The molecule has 0 spiro atoms. The minimum absolute atomic E-state index is 0.119. The Kier molecular flexibility index (Phi) is 5.18. The summed E-state index contributed by atoms with van der Waals surface area (Å²) in [6, 6.07) is 7.81. The van der Waals surface area contributed by atoms with Crippen LogP contribution in [0, 0.1) is 0 Å². The lowest BCUT2D eigenvalue weighted by Gasteiger charge is -2.40. The predicted molar refractivity (Wildman–Crippen MR) is 96.5 cm³/mol. The van der Waals surface area contributed by atoms with Crippen molar-refractivity contribution in [2.24, 2.45) is 0 Å². The highest BCUT2D eigenvalue weighted by atomic mass is 16.6. The fraction of sp³-hybridized carbons (Fsp3) is 0.526. The van der Waals surface area contributed by atoms with Gasteiger partial charge in [0.2, 0.25) is 0 Å². The Hall–Kier alpha value is -2.21. The van der Waals surface area contributed by atoms with Crippen molar-refractivity contribution in [3.05, 3.63) is 35.6 Å². The molecule has 1 aromatic rings. The molecule has 0 aliphatic carbocycles. The third kappa shape index (κ3) is 3.44. The number of rotatable bonds is 6. The molecule has 0 amide bonds. The summed E-state index contributed by atoms with van der Waals surface area (Å²) in [5.41, 5.74) is 2.64. The minimum atomic E-state index is -0.347. The van der Waals surface area contributed by atoms with Gasteiger partial charge in [0.25, 0.3) is 0 Å². The van der Waals surface area contributed by atoms with E-state index >= 15 is 0 Å². The number of nitrogens with one attached hydrogen (secondary N) is 1. The van der Waals surface area contributed by atoms with Gasteiger partial charge in [0.15, 0.2) is 6.23 Å². The Morgan fingerprint density at radius 1 is 1.32 bits per heavy atom. The Bertz CT molecular complexity index is 671. The van der Waals surface area contributed by atoms with E-state index in [0.717, 1.165) is 17.9 Å². The lowest BCUT2D eigenvalue weighted by atomic mass is 10.0. The monoisotopic (exact) mass is 346 g/mol. The number of carbonyl (C=O) groups excluding carboxylic acids is 1. The third-order valence-corrected chi connectivity index (χ3v) is 4.43. The molecule has 6 nitrogen and oxygen atoms in total. The topological polar surface area (TPSA) is 60.0 Å². The number of hydrogen-bond donors (Lipinski definition) is 1. The van der Waals surface area contributed by atoms with Crippen molar-refractivity contribution in [3.63, 3.8) is 0 Å². The smallest absolute Gasteiger partial charge is 0.339 e. The van der Waals surface area contributed by atoms with E-state index in [1.807, 2.05) is 39.0 Å². The molecule has 2 aliphatic rings. The summed E-state index contributed by atoms with van der Waals surface area (Å²) in [6.07, 6.45) is -0.122. The fourth-order valence-corrected chi connectivity index (χ4v) is 3.33. The van der Waals surface area contributed by atoms with Crippen LogP contribution in [0.25, 0.3) is 0 Å². The van der Waals surface area contributed by atoms with E-state index in [1.54, 1.807) is 0 Å². The second-order valence-corrected chi connectivity index (χ2v) is 6.46. The summed E-state index contributed by atoms with van der Waals surface area (Å²) < 4.78 is 16.8. The highest BCUT2D eigenvalue weighted by Gasteiger charge is 2.45. The number of esters is 1. The molecule has 3 rings (SSSR count). The van der Waals surface area contributed by atoms with Crippen LogP contribution in [0.3, 0.4) is 0 Å². The van der Waals surface area contributed by atoms with Crippen LogP contribution in [0.15, 0.2) is 35.6 Å². The number of hydrogen-bond acceptors (Lipinski definition) is 6. The zero-order valence-electron chi connectivity index (χ0n) is 15.2. The normalized spacial score (nSPS) is 21.6. The molecular formula is C19H26N2O4. The van der Waals surface area contributed by atoms with Crippen LogP contribution in [0.5, 0.6) is 0 Å². The number of ether oxygens (including phenoxy) is 3. The fourth-order valence-electron chi connectivity index (χ4n) is 3.33. The number of likely N-dealkylation sites (N-methyl/N-ethyl adjacent to an activating group) is 1. The van der Waals surface area contributed by atoms with Crippen LogP contribution in [0.2, 0.25) is 0 Å². The summed E-state index contributed by atoms with van der Waals surface area (Å²) in [4.78, 5) is 14.8. The SMILES string of the molecule is CCN1c2ccccc2NC2C(C(=O)OCCOC(C)C)=C(C)OC21. The molecule has 6 heteroatoms. The van der Waals surface area contributed by atoms with Crippen LogP contribution in [-0.2, 0) is 19.0 Å². The van der Waals surface area contributed by atoms with E-state index in [2.05, 4.69) is 23.2 Å². The van der Waals surface area contributed by atoms with Gasteiger partial charge in [-0.05, 0) is 39.8 Å². The highest BCUT2D eigenvalue weighted by Crippen LogP contribution is 2.40. The number of nitrogens with zero attached hydrogens (tertiary/aromatic N) is 1. The van der Waals surface area contributed by atoms with Gasteiger partial charge in [-0.25, -0.2) is 4.79 Å². The largest absolute Gasteiger partial charge is 0.472 e. The van der Waals surface area contributed by atoms with E-state index in [-0.39, 0.29) is 30.9 Å². The molecule has 2 heterocycles. The van der Waals surface area contributed by atoms with Crippen molar-refractivity contribution < 1.29 is 19.0 Å². The number of benzene rings is 1. The van der Waals surface area contributed by atoms with E-state index in [0.29, 0.717) is 17.9 Å². The number of anilines is 2. The Morgan fingerprint density at radius 3 is 2.80 bits per heavy atom. The zero-order chi connectivity index (χ0) is 18.0. The molecule has 0 fully saturated rings. The van der Waals surface area contributed by atoms with E-state index < -0.39 is 0 Å². The molecule has 0 saturated carbocycles. The van der Waals surface area contributed by atoms with Gasteiger partial charge in [-0.15, -0.1) is 0 Å². The average molecular weight is 346 g/mol. The molecule has 0 aromatic heterocycles. The Balaban J connectivity index is 1.74. The number of para-hydroxylation sites is 2. The van der Waals surface area contributed by atoms with Gasteiger partial charge in [-0.2, -0.15) is 0 Å². The van der Waals surface area contributed by atoms with Crippen molar-refractivity contribution in [3.8, 4) is 0 Å². The predicted octanol–water partition coefficient (Wildman–Crippen LogP) is 2.91. The van der Waals surface area contributed by atoms with Crippen molar-refractivity contribution in [2.75, 3.05) is 30.0 Å². The summed E-state index contributed by atoms with van der Waals surface area (Å²) in [7, 11) is 0. The second kappa shape index (κ2) is 7.35. The van der Waals surface area contributed by atoms with Crippen molar-refractivity contribution in [2.45, 2.75) is 46.1 Å². The Labute approximate surface area is 148 Å². The first-order valence-electron chi connectivity index (χ1n) is 8.81. The van der Waals surface area contributed by atoms with E-state index in [4.69, 9.17) is 14.2 Å². The molecule has 0 bridgehead atoms. The molecule has 136 valence electrons. The maximum atomic E-state index is 12.6. The third-order valence-electron chi connectivity index (χ3n) is 4.43. The van der Waals surface area contributed by atoms with Gasteiger partial charge >= 0.3 is 5.97 Å². The van der Waals surface area contributed by atoms with Gasteiger partial charge in [-0.3, -0.25) is 0 Å². The van der Waals surface area contributed by atoms with Crippen molar-refractivity contribution in [1.29, 1.82) is 0 Å². The molecular weight excluding hydrogens is 320 g/mol. The number of carbonyl (C=O) groups is 1. The van der Waals surface area contributed by atoms with Gasteiger partial charge in [-0.1, -0.05) is 12.1 Å². The molecule has 0 saturated heterocycles. The van der Waals surface area contributed by atoms with Crippen LogP contribution >= 0.6 is 0 Å². The van der Waals surface area contributed by atoms with Crippen LogP contribution in [0.1, 0.15) is 27.7 Å². The summed E-state index contributed by atoms with van der Waals surface area (Å²) >= 11 is 0. The van der Waals surface area contributed by atoms with Crippen molar-refractivity contribution in [1.82, 2.24) is 0 Å². The van der Waals surface area contributed by atoms with Gasteiger partial charge < -0.3 is 24.4 Å². The number of fused-ring (bicyclic) bond motifs is 2. The quantitative estimate of drug-likeness (QED) is 0.631. The molecule has 2 atom stereocenters. The van der Waals surface area contributed by atoms with Crippen LogP contribution in [0.4, 0.5) is 11.4 Å². The van der Waals surface area contributed by atoms with E-state index in [1.165, 1.54) is 0 Å². The minimum Gasteiger partial charge on any atom is -0.472 e. The van der Waals surface area contributed by atoms with Gasteiger partial charge in [0, 0.05) is 6.54 Å². The first-order valence-corrected chi connectivity index (χ1v) is 8.81. The number of allylic oxidation sites excluding steroid dienone is 1. The summed E-state index contributed by atoms with van der Waals surface area (Å²) in [6.45, 7) is 9.22. The molecule has 25 heavy (non-hydrogen) atoms. The van der Waals surface area contributed by atoms with Gasteiger partial charge in [0.1, 0.15) is 24.0 Å². The summed E-state index contributed by atoms with van der Waals surface area (Å²) in [5, 5.41) is 3.44. The standard InChI is InChI=1S/C19H26N2O4/c1-5-21-15-9-7-6-8-14(15)20-17-16(13(4)25-18(17)21)19(22)24-11-10-23-12(2)3/h6-9,12,17-18,20H,5,10-11H2,1-4H3. The first kappa shape index (κ1) is 17.6. The average Bonchev–Trinajstić information content (AvgIpc) is 2.91. The summed E-state index contributed by atoms with van der Waals surface area (Å²) in [5.74, 6) is 0.267. The molecule has 0 radical (unpaired) electrons. The zero-order valence-corrected chi connectivity index (χ0v) is 15.2. The van der Waals surface area contributed by atoms with E-state index in [9.17, 15) is 4.79 Å². The molecule has 2 aliphatic heterocycles. The Morgan fingerprint density at radius 2 is 2.08 bits per heavy atom. The first-order chi connectivity index (χ1) is 12.0. The second-order valence-electron chi connectivity index (χ2n) is 6.46. The van der Waals surface area contributed by atoms with Crippen LogP contribution < -0.4 is 10.2 Å². The molecule has 2 unspecified atom stereocenters. The highest BCUT2D eigenvalue weighted by molar-refractivity contribution is 5.93. The molecule has 1 aromatic carbocycles. The maximum absolute atomic E-state index is 12.6. The lowest BCUT2D eigenvalue weighted by Crippen LogP contribution is -2.50. The lowest BCUT2D eigenvalue weighted by molar-refractivity contribution is -0.141. The van der Waals surface area contributed by atoms with Gasteiger partial charge in [0.05, 0.1) is 24.1 Å².